The second-order valence-electron chi connectivity index (χ2n) is 5.53. The van der Waals surface area contributed by atoms with Crippen LogP contribution in [0.25, 0.3) is 5.00 Å². The lowest BCUT2D eigenvalue weighted by atomic mass is 10.1. The molecule has 2 aromatic heterocycles. The number of tetrazole rings is 1. The van der Waals surface area contributed by atoms with Crippen LogP contribution in [-0.2, 0) is 11.3 Å². The minimum Gasteiger partial charge on any atom is -0.333 e. The first-order valence-corrected chi connectivity index (χ1v) is 7.33. The SMILES string of the molecule is CC(C)(C)NC(=O)NC(=O)Cn1nnn(-c2cccs2)c1=O. The fraction of sp³-hybridized carbons (Fsp3) is 0.417. The highest BCUT2D eigenvalue weighted by molar-refractivity contribution is 7.12. The number of hydrogen-bond acceptors (Lipinski definition) is 6. The lowest BCUT2D eigenvalue weighted by Gasteiger charge is -2.20. The Morgan fingerprint density at radius 3 is 2.64 bits per heavy atom. The maximum atomic E-state index is 12.0. The summed E-state index contributed by atoms with van der Waals surface area (Å²) in [6.45, 7) is 4.97. The van der Waals surface area contributed by atoms with Crippen LogP contribution in [0.1, 0.15) is 20.8 Å². The summed E-state index contributed by atoms with van der Waals surface area (Å²) in [6.07, 6.45) is 0. The van der Waals surface area contributed by atoms with Crippen molar-refractivity contribution < 1.29 is 9.59 Å². The molecule has 0 aromatic carbocycles. The zero-order valence-corrected chi connectivity index (χ0v) is 13.2. The van der Waals surface area contributed by atoms with Crippen molar-refractivity contribution in [2.45, 2.75) is 32.9 Å². The number of nitrogens with zero attached hydrogens (tertiary/aromatic N) is 4. The Bertz CT molecular complexity index is 725. The zero-order chi connectivity index (χ0) is 16.3. The summed E-state index contributed by atoms with van der Waals surface area (Å²) >= 11 is 1.32. The second-order valence-corrected chi connectivity index (χ2v) is 6.46. The summed E-state index contributed by atoms with van der Waals surface area (Å²) in [7, 11) is 0. The van der Waals surface area contributed by atoms with E-state index in [1.54, 1.807) is 38.3 Å². The van der Waals surface area contributed by atoms with E-state index in [0.717, 1.165) is 9.36 Å². The van der Waals surface area contributed by atoms with E-state index >= 15 is 0 Å². The Balaban J connectivity index is 2.01. The van der Waals surface area contributed by atoms with E-state index in [4.69, 9.17) is 0 Å². The van der Waals surface area contributed by atoms with E-state index in [1.807, 2.05) is 0 Å². The Morgan fingerprint density at radius 1 is 1.32 bits per heavy atom. The van der Waals surface area contributed by atoms with E-state index in [-0.39, 0.29) is 6.54 Å². The lowest BCUT2D eigenvalue weighted by Crippen LogP contribution is -2.49. The van der Waals surface area contributed by atoms with Gasteiger partial charge in [0.15, 0.2) is 0 Å². The Morgan fingerprint density at radius 2 is 2.05 bits per heavy atom. The second kappa shape index (κ2) is 6.10. The van der Waals surface area contributed by atoms with E-state index in [0.29, 0.717) is 5.00 Å². The number of aromatic nitrogens is 4. The molecule has 2 heterocycles. The quantitative estimate of drug-likeness (QED) is 0.833. The first kappa shape index (κ1) is 15.9. The predicted octanol–water partition coefficient (Wildman–Crippen LogP) is 0.115. The summed E-state index contributed by atoms with van der Waals surface area (Å²) in [6, 6.07) is 2.85. The van der Waals surface area contributed by atoms with Crippen LogP contribution in [0.5, 0.6) is 0 Å². The van der Waals surface area contributed by atoms with Gasteiger partial charge in [-0.3, -0.25) is 10.1 Å². The molecule has 0 fully saturated rings. The van der Waals surface area contributed by atoms with Gasteiger partial charge in [0.05, 0.1) is 0 Å². The molecule has 2 N–H and O–H groups in total. The van der Waals surface area contributed by atoms with Crippen molar-refractivity contribution in [2.24, 2.45) is 0 Å². The van der Waals surface area contributed by atoms with Crippen LogP contribution in [0.15, 0.2) is 22.3 Å². The summed E-state index contributed by atoms with van der Waals surface area (Å²) in [5, 5.41) is 14.4. The number of amides is 3. The molecule has 118 valence electrons. The molecule has 0 spiro atoms. The fourth-order valence-corrected chi connectivity index (χ4v) is 2.24. The van der Waals surface area contributed by atoms with E-state index in [9.17, 15) is 14.4 Å². The smallest absolute Gasteiger partial charge is 0.333 e. The van der Waals surface area contributed by atoms with Crippen LogP contribution in [0.2, 0.25) is 0 Å². The van der Waals surface area contributed by atoms with Gasteiger partial charge >= 0.3 is 11.7 Å². The molecular weight excluding hydrogens is 308 g/mol. The van der Waals surface area contributed by atoms with Crippen LogP contribution >= 0.6 is 11.3 Å². The maximum absolute atomic E-state index is 12.0. The van der Waals surface area contributed by atoms with Crippen LogP contribution in [0.3, 0.4) is 0 Å². The number of nitrogens with one attached hydrogen (secondary N) is 2. The highest BCUT2D eigenvalue weighted by Crippen LogP contribution is 2.10. The molecule has 22 heavy (non-hydrogen) atoms. The number of carbonyl (C=O) groups is 2. The molecule has 2 rings (SSSR count). The van der Waals surface area contributed by atoms with Crippen molar-refractivity contribution in [3.05, 3.63) is 28.0 Å². The summed E-state index contributed by atoms with van der Waals surface area (Å²) in [4.78, 5) is 35.4. The maximum Gasteiger partial charge on any atom is 0.369 e. The van der Waals surface area contributed by atoms with Gasteiger partial charge in [0.1, 0.15) is 11.5 Å². The largest absolute Gasteiger partial charge is 0.369 e. The topological polar surface area (TPSA) is 111 Å². The van der Waals surface area contributed by atoms with Crippen LogP contribution in [-0.4, -0.2) is 37.3 Å². The number of rotatable bonds is 3. The normalized spacial score (nSPS) is 11.2. The van der Waals surface area contributed by atoms with Gasteiger partial charge in [0.2, 0.25) is 5.91 Å². The first-order chi connectivity index (χ1) is 10.3. The predicted molar refractivity (Wildman–Crippen MR) is 79.9 cm³/mol. The van der Waals surface area contributed by atoms with Crippen molar-refractivity contribution in [2.75, 3.05) is 0 Å². The molecule has 0 aliphatic carbocycles. The first-order valence-electron chi connectivity index (χ1n) is 6.45. The van der Waals surface area contributed by atoms with Crippen molar-refractivity contribution >= 4 is 23.3 Å². The van der Waals surface area contributed by atoms with Gasteiger partial charge < -0.3 is 5.32 Å². The minimum atomic E-state index is -0.651. The Labute approximate surface area is 129 Å². The number of urea groups is 1. The van der Waals surface area contributed by atoms with Crippen molar-refractivity contribution in [1.29, 1.82) is 0 Å². The molecule has 0 saturated heterocycles. The van der Waals surface area contributed by atoms with Crippen LogP contribution < -0.4 is 16.3 Å². The monoisotopic (exact) mass is 324 g/mol. The third-order valence-corrected chi connectivity index (χ3v) is 3.23. The standard InChI is InChI=1S/C12H16N6O3S/c1-12(2,3)14-10(20)13-8(19)7-17-11(21)18(16-15-17)9-5-4-6-22-9/h4-6H,7H2,1-3H3,(H2,13,14,19,20). The number of carbonyl (C=O) groups excluding carboxylic acids is 2. The Kier molecular flexibility index (Phi) is 4.40. The molecule has 0 unspecified atom stereocenters. The number of hydrogen-bond donors (Lipinski definition) is 2. The van der Waals surface area contributed by atoms with Crippen LogP contribution in [0, 0.1) is 0 Å². The van der Waals surface area contributed by atoms with Gasteiger partial charge in [-0.05, 0) is 48.7 Å². The molecule has 2 aromatic rings. The van der Waals surface area contributed by atoms with Crippen molar-refractivity contribution in [3.8, 4) is 5.00 Å². The average molecular weight is 324 g/mol. The highest BCUT2D eigenvalue weighted by atomic mass is 32.1. The molecule has 0 radical (unpaired) electrons. The fourth-order valence-electron chi connectivity index (χ4n) is 1.58. The van der Waals surface area contributed by atoms with Gasteiger partial charge in [-0.1, -0.05) is 0 Å². The molecule has 0 bridgehead atoms. The van der Waals surface area contributed by atoms with Crippen molar-refractivity contribution in [3.63, 3.8) is 0 Å². The zero-order valence-electron chi connectivity index (χ0n) is 12.4. The van der Waals surface area contributed by atoms with Crippen LogP contribution in [0.4, 0.5) is 4.79 Å². The molecule has 9 nitrogen and oxygen atoms in total. The van der Waals surface area contributed by atoms with E-state index < -0.39 is 23.2 Å². The third-order valence-electron chi connectivity index (χ3n) is 2.39. The molecule has 10 heteroatoms. The number of thiophene rings is 1. The van der Waals surface area contributed by atoms with Crippen molar-refractivity contribution in [1.82, 2.24) is 30.4 Å². The summed E-state index contributed by atoms with van der Waals surface area (Å²) in [5.74, 6) is -0.651. The van der Waals surface area contributed by atoms with Gasteiger partial charge in [-0.2, -0.15) is 9.36 Å². The van der Waals surface area contributed by atoms with Gasteiger partial charge in [0, 0.05) is 5.54 Å². The third kappa shape index (κ3) is 4.01. The minimum absolute atomic E-state index is 0.387. The molecule has 0 saturated carbocycles. The molecule has 0 atom stereocenters. The number of imide groups is 1. The molecule has 3 amide bonds. The molecular formula is C12H16N6O3S. The van der Waals surface area contributed by atoms with Gasteiger partial charge in [0.25, 0.3) is 0 Å². The molecule has 0 aliphatic rings. The average Bonchev–Trinajstić information content (AvgIpc) is 2.97. The summed E-state index contributed by atoms with van der Waals surface area (Å²) in [5.41, 5.74) is -1.02. The molecule has 0 aliphatic heterocycles. The van der Waals surface area contributed by atoms with Gasteiger partial charge in [-0.25, -0.2) is 9.59 Å². The van der Waals surface area contributed by atoms with E-state index in [1.165, 1.54) is 11.3 Å². The Hall–Kier alpha value is -2.49. The summed E-state index contributed by atoms with van der Waals surface area (Å²) < 4.78 is 1.98. The van der Waals surface area contributed by atoms with Gasteiger partial charge in [-0.15, -0.1) is 11.3 Å². The van der Waals surface area contributed by atoms with E-state index in [2.05, 4.69) is 21.1 Å². The highest BCUT2D eigenvalue weighted by Gasteiger charge is 2.17. The lowest BCUT2D eigenvalue weighted by molar-refractivity contribution is -0.120.